The van der Waals surface area contributed by atoms with E-state index < -0.39 is 0 Å². The normalized spacial score (nSPS) is 15.4. The number of halogens is 1. The number of piperidine rings is 1. The summed E-state index contributed by atoms with van der Waals surface area (Å²) >= 11 is 0. The van der Waals surface area contributed by atoms with Gasteiger partial charge in [0.1, 0.15) is 17.3 Å². The summed E-state index contributed by atoms with van der Waals surface area (Å²) in [6, 6.07) is 4.73. The molecule has 1 saturated heterocycles. The van der Waals surface area contributed by atoms with Crippen LogP contribution in [0.25, 0.3) is 17.2 Å². The molecule has 4 rings (SSSR count). The van der Waals surface area contributed by atoms with Gasteiger partial charge in [-0.1, -0.05) is 5.21 Å². The SMILES string of the molecule is COc1ccc(F)cc1-n1ccnc1-c1cn(C2CCNCC2)nn1. The molecule has 1 aliphatic rings. The Labute approximate surface area is 144 Å². The molecule has 130 valence electrons. The van der Waals surface area contributed by atoms with E-state index in [0.29, 0.717) is 29.0 Å². The summed E-state index contributed by atoms with van der Waals surface area (Å²) in [6.45, 7) is 1.96. The second kappa shape index (κ2) is 6.64. The quantitative estimate of drug-likeness (QED) is 0.787. The van der Waals surface area contributed by atoms with Gasteiger partial charge in [0.25, 0.3) is 0 Å². The molecule has 0 radical (unpaired) electrons. The van der Waals surface area contributed by atoms with Crippen LogP contribution in [0.3, 0.4) is 0 Å². The number of hydrogen-bond acceptors (Lipinski definition) is 5. The topological polar surface area (TPSA) is 69.8 Å². The Hall–Kier alpha value is -2.74. The molecule has 0 spiro atoms. The van der Waals surface area contributed by atoms with Crippen LogP contribution in [-0.4, -0.2) is 44.7 Å². The van der Waals surface area contributed by atoms with Gasteiger partial charge in [-0.2, -0.15) is 0 Å². The zero-order valence-electron chi connectivity index (χ0n) is 13.9. The summed E-state index contributed by atoms with van der Waals surface area (Å²) in [7, 11) is 1.56. The molecule has 1 aliphatic heterocycles. The van der Waals surface area contributed by atoms with E-state index in [1.54, 1.807) is 30.1 Å². The number of aromatic nitrogens is 5. The van der Waals surface area contributed by atoms with Crippen molar-refractivity contribution in [2.75, 3.05) is 20.2 Å². The van der Waals surface area contributed by atoms with E-state index in [0.717, 1.165) is 25.9 Å². The predicted octanol–water partition coefficient (Wildman–Crippen LogP) is 2.20. The summed E-state index contributed by atoms with van der Waals surface area (Å²) in [5.41, 5.74) is 1.22. The molecule has 1 fully saturated rings. The van der Waals surface area contributed by atoms with Gasteiger partial charge < -0.3 is 10.1 Å². The highest BCUT2D eigenvalue weighted by molar-refractivity contribution is 5.57. The van der Waals surface area contributed by atoms with Gasteiger partial charge in [0.05, 0.1) is 25.0 Å². The van der Waals surface area contributed by atoms with Crippen LogP contribution in [0.1, 0.15) is 18.9 Å². The summed E-state index contributed by atoms with van der Waals surface area (Å²) in [5, 5.41) is 11.9. The van der Waals surface area contributed by atoms with E-state index in [1.165, 1.54) is 12.1 Å². The Morgan fingerprint density at radius 3 is 2.92 bits per heavy atom. The van der Waals surface area contributed by atoms with Crippen LogP contribution in [0.4, 0.5) is 4.39 Å². The van der Waals surface area contributed by atoms with Crippen LogP contribution in [-0.2, 0) is 0 Å². The van der Waals surface area contributed by atoms with Gasteiger partial charge in [0, 0.05) is 18.5 Å². The van der Waals surface area contributed by atoms with Crippen molar-refractivity contribution in [3.63, 3.8) is 0 Å². The van der Waals surface area contributed by atoms with E-state index >= 15 is 0 Å². The highest BCUT2D eigenvalue weighted by atomic mass is 19.1. The first kappa shape index (κ1) is 15.8. The maximum atomic E-state index is 13.7. The van der Waals surface area contributed by atoms with E-state index in [2.05, 4.69) is 20.6 Å². The predicted molar refractivity (Wildman–Crippen MR) is 90.2 cm³/mol. The molecule has 7 nitrogen and oxygen atoms in total. The molecular formula is C17H19FN6O. The van der Waals surface area contributed by atoms with Crippen molar-refractivity contribution >= 4 is 0 Å². The molecule has 0 saturated carbocycles. The molecule has 0 aliphatic carbocycles. The van der Waals surface area contributed by atoms with Crippen molar-refractivity contribution in [2.24, 2.45) is 0 Å². The molecule has 1 aromatic carbocycles. The average Bonchev–Trinajstić information content (AvgIpc) is 3.31. The fraction of sp³-hybridized carbons (Fsp3) is 0.353. The monoisotopic (exact) mass is 342 g/mol. The van der Waals surface area contributed by atoms with Crippen molar-refractivity contribution < 1.29 is 9.13 Å². The number of methoxy groups -OCH3 is 1. The zero-order chi connectivity index (χ0) is 17.2. The largest absolute Gasteiger partial charge is 0.495 e. The van der Waals surface area contributed by atoms with Crippen LogP contribution in [0.5, 0.6) is 5.75 Å². The number of benzene rings is 1. The molecule has 0 atom stereocenters. The summed E-state index contributed by atoms with van der Waals surface area (Å²) in [6.07, 6.45) is 7.36. The molecule has 3 aromatic rings. The second-order valence-corrected chi connectivity index (χ2v) is 6.00. The van der Waals surface area contributed by atoms with Gasteiger partial charge in [0.2, 0.25) is 0 Å². The molecule has 25 heavy (non-hydrogen) atoms. The number of hydrogen-bond donors (Lipinski definition) is 1. The summed E-state index contributed by atoms with van der Waals surface area (Å²) in [5.74, 6) is 0.823. The third kappa shape index (κ3) is 3.00. The highest BCUT2D eigenvalue weighted by Crippen LogP contribution is 2.28. The summed E-state index contributed by atoms with van der Waals surface area (Å²) < 4.78 is 22.7. The maximum Gasteiger partial charge on any atom is 0.166 e. The first-order chi connectivity index (χ1) is 12.3. The Morgan fingerprint density at radius 1 is 1.28 bits per heavy atom. The van der Waals surface area contributed by atoms with Crippen molar-refractivity contribution in [3.05, 3.63) is 42.6 Å². The smallest absolute Gasteiger partial charge is 0.166 e. The minimum Gasteiger partial charge on any atom is -0.495 e. The third-order valence-electron chi connectivity index (χ3n) is 4.46. The second-order valence-electron chi connectivity index (χ2n) is 6.00. The van der Waals surface area contributed by atoms with Crippen LogP contribution < -0.4 is 10.1 Å². The van der Waals surface area contributed by atoms with Crippen molar-refractivity contribution in [3.8, 4) is 23.0 Å². The number of nitrogens with zero attached hydrogens (tertiary/aromatic N) is 5. The van der Waals surface area contributed by atoms with E-state index in [-0.39, 0.29) is 5.82 Å². The molecule has 0 amide bonds. The lowest BCUT2D eigenvalue weighted by Gasteiger charge is -2.22. The van der Waals surface area contributed by atoms with Crippen LogP contribution in [0.15, 0.2) is 36.8 Å². The van der Waals surface area contributed by atoms with Gasteiger partial charge in [-0.05, 0) is 38.1 Å². The molecule has 0 bridgehead atoms. The van der Waals surface area contributed by atoms with Crippen LogP contribution in [0.2, 0.25) is 0 Å². The standard InChI is InChI=1S/C17H19FN6O/c1-25-16-3-2-12(18)10-15(16)23-9-8-20-17(23)14-11-24(22-21-14)13-4-6-19-7-5-13/h2-3,8-11,13,19H,4-7H2,1H3. The number of rotatable bonds is 4. The van der Waals surface area contributed by atoms with Gasteiger partial charge in [-0.15, -0.1) is 5.10 Å². The first-order valence-corrected chi connectivity index (χ1v) is 8.26. The lowest BCUT2D eigenvalue weighted by atomic mass is 10.1. The van der Waals surface area contributed by atoms with Crippen LogP contribution >= 0.6 is 0 Å². The van der Waals surface area contributed by atoms with Gasteiger partial charge in [-0.3, -0.25) is 4.57 Å². The van der Waals surface area contributed by atoms with E-state index in [4.69, 9.17) is 4.74 Å². The van der Waals surface area contributed by atoms with Crippen LogP contribution in [0, 0.1) is 5.82 Å². The third-order valence-corrected chi connectivity index (χ3v) is 4.46. The van der Waals surface area contributed by atoms with Gasteiger partial charge >= 0.3 is 0 Å². The molecule has 8 heteroatoms. The molecule has 1 N–H and O–H groups in total. The Balaban J connectivity index is 1.71. The lowest BCUT2D eigenvalue weighted by Crippen LogP contribution is -2.29. The molecule has 2 aromatic heterocycles. The van der Waals surface area contributed by atoms with Crippen molar-refractivity contribution in [1.82, 2.24) is 29.9 Å². The van der Waals surface area contributed by atoms with E-state index in [9.17, 15) is 4.39 Å². The fourth-order valence-electron chi connectivity index (χ4n) is 3.17. The van der Waals surface area contributed by atoms with Gasteiger partial charge in [-0.25, -0.2) is 14.1 Å². The maximum absolute atomic E-state index is 13.7. The lowest BCUT2D eigenvalue weighted by molar-refractivity contribution is 0.337. The number of imidazole rings is 1. The number of ether oxygens (including phenoxy) is 1. The first-order valence-electron chi connectivity index (χ1n) is 8.26. The van der Waals surface area contributed by atoms with Crippen molar-refractivity contribution in [2.45, 2.75) is 18.9 Å². The van der Waals surface area contributed by atoms with E-state index in [1.807, 2.05) is 10.9 Å². The van der Waals surface area contributed by atoms with Gasteiger partial charge in [0.15, 0.2) is 5.82 Å². The Kier molecular flexibility index (Phi) is 4.19. The average molecular weight is 342 g/mol. The summed E-state index contributed by atoms with van der Waals surface area (Å²) in [4.78, 5) is 4.38. The minimum absolute atomic E-state index is 0.339. The van der Waals surface area contributed by atoms with Crippen molar-refractivity contribution in [1.29, 1.82) is 0 Å². The Bertz CT molecular complexity index is 868. The minimum atomic E-state index is -0.339. The Morgan fingerprint density at radius 2 is 2.12 bits per heavy atom. The zero-order valence-corrected chi connectivity index (χ0v) is 13.9. The molecule has 3 heterocycles. The molecule has 0 unspecified atom stereocenters. The fourth-order valence-corrected chi connectivity index (χ4v) is 3.17. The molecular weight excluding hydrogens is 323 g/mol. The highest BCUT2D eigenvalue weighted by Gasteiger charge is 2.19. The number of nitrogens with one attached hydrogen (secondary N) is 1.